The van der Waals surface area contributed by atoms with Crippen LogP contribution in [0.1, 0.15) is 36.4 Å². The zero-order valence-electron chi connectivity index (χ0n) is 12.2. The number of rotatable bonds is 3. The Morgan fingerprint density at radius 3 is 2.25 bits per heavy atom. The molecule has 1 nitrogen and oxygen atoms in total. The molecule has 1 heterocycles. The van der Waals surface area contributed by atoms with Gasteiger partial charge in [-0.1, -0.05) is 60.7 Å². The summed E-state index contributed by atoms with van der Waals surface area (Å²) in [7, 11) is 2.30. The van der Waals surface area contributed by atoms with Crippen LogP contribution >= 0.6 is 0 Å². The summed E-state index contributed by atoms with van der Waals surface area (Å²) in [6, 6.07) is 23.1. The lowest BCUT2D eigenvalue weighted by molar-refractivity contribution is 0.114. The van der Waals surface area contributed by atoms with Crippen molar-refractivity contribution in [2.45, 2.75) is 37.8 Å². The van der Waals surface area contributed by atoms with Crippen LogP contribution in [0.4, 0.5) is 0 Å². The van der Waals surface area contributed by atoms with Gasteiger partial charge in [-0.25, -0.2) is 0 Å². The highest BCUT2D eigenvalue weighted by Crippen LogP contribution is 2.34. The molecule has 0 N–H and O–H groups in total. The second-order valence-corrected chi connectivity index (χ2v) is 5.87. The molecule has 0 amide bonds. The molecule has 0 spiro atoms. The summed E-state index contributed by atoms with van der Waals surface area (Å²) in [6.07, 6.45) is 5.10. The molecule has 1 aliphatic rings. The summed E-state index contributed by atoms with van der Waals surface area (Å²) >= 11 is 0. The summed E-state index contributed by atoms with van der Waals surface area (Å²) in [4.78, 5) is 2.59. The van der Waals surface area contributed by atoms with Crippen LogP contribution in [-0.2, 0) is 6.42 Å². The maximum Gasteiger partial charge on any atom is 0.0348 e. The molecule has 104 valence electrons. The third-order valence-electron chi connectivity index (χ3n) is 4.58. The Kier molecular flexibility index (Phi) is 4.17. The second kappa shape index (κ2) is 6.23. The van der Waals surface area contributed by atoms with Crippen LogP contribution in [0.15, 0.2) is 60.7 Å². The lowest BCUT2D eigenvalue weighted by Gasteiger charge is -2.40. The molecule has 0 unspecified atom stereocenters. The van der Waals surface area contributed by atoms with Gasteiger partial charge in [-0.2, -0.15) is 0 Å². The molecular formula is C19H23N. The molecule has 0 radical (unpaired) electrons. The van der Waals surface area contributed by atoms with Crippen LogP contribution in [0.5, 0.6) is 0 Å². The van der Waals surface area contributed by atoms with Crippen molar-refractivity contribution in [2.24, 2.45) is 0 Å². The topological polar surface area (TPSA) is 3.24 Å². The van der Waals surface area contributed by atoms with Crippen LogP contribution < -0.4 is 0 Å². The van der Waals surface area contributed by atoms with Gasteiger partial charge in [0, 0.05) is 12.1 Å². The predicted molar refractivity (Wildman–Crippen MR) is 84.7 cm³/mol. The van der Waals surface area contributed by atoms with Crippen molar-refractivity contribution in [1.82, 2.24) is 4.90 Å². The van der Waals surface area contributed by atoms with Gasteiger partial charge in [-0.05, 0) is 43.9 Å². The third-order valence-corrected chi connectivity index (χ3v) is 4.58. The van der Waals surface area contributed by atoms with Gasteiger partial charge in [0.2, 0.25) is 0 Å². The fraction of sp³-hybridized carbons (Fsp3) is 0.368. The van der Waals surface area contributed by atoms with E-state index in [0.717, 1.165) is 0 Å². The van der Waals surface area contributed by atoms with Gasteiger partial charge in [-0.15, -0.1) is 0 Å². The highest BCUT2D eigenvalue weighted by Gasteiger charge is 2.28. The molecule has 0 saturated carbocycles. The number of hydrogen-bond acceptors (Lipinski definition) is 1. The lowest BCUT2D eigenvalue weighted by Crippen LogP contribution is -2.40. The maximum atomic E-state index is 2.59. The van der Waals surface area contributed by atoms with E-state index in [1.807, 2.05) is 0 Å². The van der Waals surface area contributed by atoms with Crippen molar-refractivity contribution in [3.8, 4) is 0 Å². The molecule has 3 rings (SSSR count). The van der Waals surface area contributed by atoms with E-state index in [1.165, 1.54) is 36.8 Å². The molecule has 20 heavy (non-hydrogen) atoms. The fourth-order valence-electron chi connectivity index (χ4n) is 3.42. The summed E-state index contributed by atoms with van der Waals surface area (Å²) in [5.74, 6) is 0. The third kappa shape index (κ3) is 2.94. The number of piperidine rings is 1. The smallest absolute Gasteiger partial charge is 0.0348 e. The van der Waals surface area contributed by atoms with Gasteiger partial charge >= 0.3 is 0 Å². The molecule has 2 aromatic carbocycles. The SMILES string of the molecule is CN1[C@H](Cc2ccccc2)CCC[C@@H]1c1ccccc1. The molecular weight excluding hydrogens is 242 g/mol. The Morgan fingerprint density at radius 2 is 1.55 bits per heavy atom. The number of nitrogens with zero attached hydrogens (tertiary/aromatic N) is 1. The van der Waals surface area contributed by atoms with Crippen LogP contribution in [0.2, 0.25) is 0 Å². The van der Waals surface area contributed by atoms with Crippen LogP contribution in [0, 0.1) is 0 Å². The fourth-order valence-corrected chi connectivity index (χ4v) is 3.42. The number of likely N-dealkylation sites (N-methyl/N-ethyl adjacent to an activating group) is 1. The van der Waals surface area contributed by atoms with Crippen molar-refractivity contribution in [3.05, 3.63) is 71.8 Å². The van der Waals surface area contributed by atoms with Crippen molar-refractivity contribution in [3.63, 3.8) is 0 Å². The lowest BCUT2D eigenvalue weighted by atomic mass is 9.89. The van der Waals surface area contributed by atoms with Crippen LogP contribution in [0.25, 0.3) is 0 Å². The van der Waals surface area contributed by atoms with Crippen molar-refractivity contribution < 1.29 is 0 Å². The molecule has 0 bridgehead atoms. The minimum atomic E-state index is 0.582. The van der Waals surface area contributed by atoms with Gasteiger partial charge in [-0.3, -0.25) is 4.90 Å². The monoisotopic (exact) mass is 265 g/mol. The molecule has 1 saturated heterocycles. The largest absolute Gasteiger partial charge is 0.296 e. The summed E-state index contributed by atoms with van der Waals surface area (Å²) in [5, 5.41) is 0. The minimum Gasteiger partial charge on any atom is -0.296 e. The van der Waals surface area contributed by atoms with Crippen LogP contribution in [-0.4, -0.2) is 18.0 Å². The highest BCUT2D eigenvalue weighted by molar-refractivity contribution is 5.21. The molecule has 1 fully saturated rings. The Balaban J connectivity index is 1.74. The number of benzene rings is 2. The zero-order chi connectivity index (χ0) is 13.8. The Morgan fingerprint density at radius 1 is 0.900 bits per heavy atom. The highest BCUT2D eigenvalue weighted by atomic mass is 15.2. The predicted octanol–water partition coefficient (Wildman–Crippen LogP) is 4.45. The van der Waals surface area contributed by atoms with Crippen molar-refractivity contribution in [2.75, 3.05) is 7.05 Å². The van der Waals surface area contributed by atoms with E-state index in [9.17, 15) is 0 Å². The minimum absolute atomic E-state index is 0.582. The van der Waals surface area contributed by atoms with Gasteiger partial charge in [0.15, 0.2) is 0 Å². The Labute approximate surface area is 122 Å². The standard InChI is InChI=1S/C19H23N/c1-20-18(15-16-9-4-2-5-10-16)13-8-14-19(20)17-11-6-3-7-12-17/h2-7,9-12,18-19H,8,13-15H2,1H3/t18-,19+/m0/s1. The Hall–Kier alpha value is -1.60. The summed E-state index contributed by atoms with van der Waals surface area (Å²) in [5.41, 5.74) is 2.92. The molecule has 2 atom stereocenters. The Bertz CT molecular complexity index is 520. The molecule has 0 aliphatic carbocycles. The number of hydrogen-bond donors (Lipinski definition) is 0. The summed E-state index contributed by atoms with van der Waals surface area (Å²) in [6.45, 7) is 0. The quantitative estimate of drug-likeness (QED) is 0.792. The van der Waals surface area contributed by atoms with Gasteiger partial charge in [0.25, 0.3) is 0 Å². The van der Waals surface area contributed by atoms with Gasteiger partial charge in [0.05, 0.1) is 0 Å². The van der Waals surface area contributed by atoms with Crippen molar-refractivity contribution >= 4 is 0 Å². The normalized spacial score (nSPS) is 23.6. The van der Waals surface area contributed by atoms with E-state index in [2.05, 4.69) is 72.6 Å². The first-order valence-electron chi connectivity index (χ1n) is 7.65. The van der Waals surface area contributed by atoms with E-state index in [0.29, 0.717) is 12.1 Å². The summed E-state index contributed by atoms with van der Waals surface area (Å²) < 4.78 is 0. The van der Waals surface area contributed by atoms with E-state index in [-0.39, 0.29) is 0 Å². The van der Waals surface area contributed by atoms with E-state index in [4.69, 9.17) is 0 Å². The molecule has 2 aromatic rings. The molecule has 1 aliphatic heterocycles. The van der Waals surface area contributed by atoms with Crippen LogP contribution in [0.3, 0.4) is 0 Å². The maximum absolute atomic E-state index is 2.59. The average molecular weight is 265 g/mol. The number of likely N-dealkylation sites (tertiary alicyclic amines) is 1. The second-order valence-electron chi connectivity index (χ2n) is 5.87. The first-order valence-corrected chi connectivity index (χ1v) is 7.65. The van der Waals surface area contributed by atoms with Gasteiger partial charge in [0.1, 0.15) is 0 Å². The van der Waals surface area contributed by atoms with Crippen molar-refractivity contribution in [1.29, 1.82) is 0 Å². The average Bonchev–Trinajstić information content (AvgIpc) is 2.51. The van der Waals surface area contributed by atoms with E-state index in [1.54, 1.807) is 0 Å². The van der Waals surface area contributed by atoms with E-state index < -0.39 is 0 Å². The first kappa shape index (κ1) is 13.4. The van der Waals surface area contributed by atoms with Gasteiger partial charge < -0.3 is 0 Å². The zero-order valence-corrected chi connectivity index (χ0v) is 12.2. The van der Waals surface area contributed by atoms with E-state index >= 15 is 0 Å². The first-order chi connectivity index (χ1) is 9.84. The molecule has 1 heteroatoms. The molecule has 0 aromatic heterocycles.